The molecule has 0 aliphatic rings. The Bertz CT molecular complexity index is 1010. The summed E-state index contributed by atoms with van der Waals surface area (Å²) in [5, 5.41) is 0. The third-order valence-corrected chi connectivity index (χ3v) is 4.73. The number of amides is 1. The van der Waals surface area contributed by atoms with Crippen LogP contribution < -0.4 is 5.73 Å². The lowest BCUT2D eigenvalue weighted by Gasteiger charge is -2.31. The Hall–Kier alpha value is -2.38. The van der Waals surface area contributed by atoms with Gasteiger partial charge in [-0.3, -0.25) is 4.79 Å². The van der Waals surface area contributed by atoms with Crippen LogP contribution in [0.25, 0.3) is 11.1 Å². The zero-order chi connectivity index (χ0) is 24.2. The number of nitrogens with two attached hydrogens (primary N) is 1. The van der Waals surface area contributed by atoms with E-state index in [0.717, 1.165) is 12.1 Å². The molecule has 0 saturated carbocycles. The van der Waals surface area contributed by atoms with Gasteiger partial charge in [0.05, 0.1) is 11.1 Å². The molecule has 14 heteroatoms. The largest absolute Gasteiger partial charge is 0.435 e. The summed E-state index contributed by atoms with van der Waals surface area (Å²) in [6, 6.07) is 1.44. The molecular weight excluding hydrogens is 523 g/mol. The summed E-state index contributed by atoms with van der Waals surface area (Å²) in [7, 11) is 0. The quantitative estimate of drug-likeness (QED) is 0.444. The lowest BCUT2D eigenvalue weighted by Crippen LogP contribution is -2.50. The van der Waals surface area contributed by atoms with Crippen LogP contribution in [0, 0.1) is 5.82 Å². The minimum absolute atomic E-state index is 0.193. The van der Waals surface area contributed by atoms with Crippen molar-refractivity contribution in [2.75, 3.05) is 0 Å². The highest BCUT2D eigenvalue weighted by Gasteiger charge is 2.73. The Morgan fingerprint density at radius 3 is 1.81 bits per heavy atom. The highest BCUT2D eigenvalue weighted by molar-refractivity contribution is 9.10. The second kappa shape index (κ2) is 7.64. The van der Waals surface area contributed by atoms with Crippen molar-refractivity contribution in [3.63, 3.8) is 0 Å². The first-order valence-corrected chi connectivity index (χ1v) is 8.45. The van der Waals surface area contributed by atoms with Gasteiger partial charge in [0.2, 0.25) is 0 Å². The van der Waals surface area contributed by atoms with Gasteiger partial charge in [-0.05, 0) is 18.2 Å². The van der Waals surface area contributed by atoms with E-state index in [9.17, 15) is 53.1 Å². The first-order chi connectivity index (χ1) is 13.8. The van der Waals surface area contributed by atoms with Crippen LogP contribution in [0.2, 0.25) is 0 Å². The molecule has 0 fully saturated rings. The zero-order valence-corrected chi connectivity index (χ0v) is 16.0. The summed E-state index contributed by atoms with van der Waals surface area (Å²) in [5.41, 5.74) is -9.09. The van der Waals surface area contributed by atoms with Gasteiger partial charge in [0.15, 0.2) is 0 Å². The SMILES string of the molecule is NC(=O)c1cccc(-c2c(Br)cc(C(F)(C(F)(F)F)C(F)(F)F)cc2C(F)(F)F)c1F. The number of carbonyl (C=O) groups excluding carboxylic acids is 1. The van der Waals surface area contributed by atoms with Crippen LogP contribution in [0.15, 0.2) is 34.8 Å². The molecule has 0 bridgehead atoms. The van der Waals surface area contributed by atoms with Crippen molar-refractivity contribution >= 4 is 21.8 Å². The summed E-state index contributed by atoms with van der Waals surface area (Å²) >= 11 is 2.36. The minimum atomic E-state index is -6.67. The summed E-state index contributed by atoms with van der Waals surface area (Å²) in [6.07, 6.45) is -19.0. The van der Waals surface area contributed by atoms with E-state index in [1.54, 1.807) is 0 Å². The fourth-order valence-electron chi connectivity index (χ4n) is 2.71. The molecule has 0 spiro atoms. The first kappa shape index (κ1) is 24.9. The lowest BCUT2D eigenvalue weighted by molar-refractivity contribution is -0.348. The van der Waals surface area contributed by atoms with Gasteiger partial charge in [-0.2, -0.15) is 39.5 Å². The normalized spacial score (nSPS) is 13.4. The van der Waals surface area contributed by atoms with Crippen molar-refractivity contribution in [3.8, 4) is 11.1 Å². The molecule has 2 aromatic rings. The summed E-state index contributed by atoms with van der Waals surface area (Å²) in [4.78, 5) is 11.2. The van der Waals surface area contributed by atoms with Crippen LogP contribution >= 0.6 is 15.9 Å². The lowest BCUT2D eigenvalue weighted by atomic mass is 9.88. The molecule has 0 unspecified atom stereocenters. The van der Waals surface area contributed by atoms with Crippen molar-refractivity contribution in [2.45, 2.75) is 24.2 Å². The van der Waals surface area contributed by atoms with E-state index < -0.39 is 74.3 Å². The number of rotatable bonds is 3. The van der Waals surface area contributed by atoms with Gasteiger partial charge in [0.25, 0.3) is 5.91 Å². The highest BCUT2D eigenvalue weighted by atomic mass is 79.9. The number of halogens is 12. The average molecular weight is 530 g/mol. The average Bonchev–Trinajstić information content (AvgIpc) is 2.57. The molecule has 0 radical (unpaired) electrons. The molecule has 2 aromatic carbocycles. The van der Waals surface area contributed by atoms with Gasteiger partial charge in [-0.25, -0.2) is 8.78 Å². The molecule has 0 heterocycles. The third kappa shape index (κ3) is 4.21. The standard InChI is InChI=1S/C17H7BrF11NO/c18-10-5-6(14(20,16(24,25)26)17(27,28)29)4-9(15(21,22)23)11(10)7-2-1-3-8(12(7)19)13(30)31/h1-5H,(H2,30,31). The van der Waals surface area contributed by atoms with E-state index >= 15 is 0 Å². The van der Waals surface area contributed by atoms with Crippen molar-refractivity contribution in [3.05, 3.63) is 57.3 Å². The van der Waals surface area contributed by atoms with Crippen LogP contribution in [-0.2, 0) is 11.8 Å². The van der Waals surface area contributed by atoms with E-state index in [2.05, 4.69) is 15.9 Å². The van der Waals surface area contributed by atoms with Gasteiger partial charge < -0.3 is 5.73 Å². The molecule has 170 valence electrons. The zero-order valence-electron chi connectivity index (χ0n) is 14.4. The maximum atomic E-state index is 14.5. The molecule has 2 rings (SSSR count). The van der Waals surface area contributed by atoms with Crippen LogP contribution in [-0.4, -0.2) is 18.3 Å². The summed E-state index contributed by atoms with van der Waals surface area (Å²) in [6.45, 7) is 0. The minimum Gasteiger partial charge on any atom is -0.366 e. The Morgan fingerprint density at radius 1 is 0.871 bits per heavy atom. The van der Waals surface area contributed by atoms with E-state index in [1.807, 2.05) is 0 Å². The number of benzene rings is 2. The van der Waals surface area contributed by atoms with Gasteiger partial charge in [0.1, 0.15) is 5.82 Å². The van der Waals surface area contributed by atoms with E-state index in [1.165, 1.54) is 0 Å². The van der Waals surface area contributed by atoms with E-state index in [4.69, 9.17) is 5.73 Å². The Balaban J connectivity index is 2.98. The number of primary amides is 1. The molecule has 0 aromatic heterocycles. The fourth-order valence-corrected chi connectivity index (χ4v) is 3.38. The molecule has 0 saturated heterocycles. The third-order valence-electron chi connectivity index (χ3n) is 4.11. The Kier molecular flexibility index (Phi) is 6.13. The predicted molar refractivity (Wildman–Crippen MR) is 88.0 cm³/mol. The van der Waals surface area contributed by atoms with Crippen LogP contribution in [0.5, 0.6) is 0 Å². The molecule has 0 aliphatic carbocycles. The van der Waals surface area contributed by atoms with Gasteiger partial charge in [0, 0.05) is 21.2 Å². The maximum Gasteiger partial charge on any atom is 0.435 e. The van der Waals surface area contributed by atoms with Crippen LogP contribution in [0.4, 0.5) is 48.3 Å². The topological polar surface area (TPSA) is 43.1 Å². The van der Waals surface area contributed by atoms with Crippen molar-refractivity contribution < 1.29 is 53.1 Å². The van der Waals surface area contributed by atoms with Crippen molar-refractivity contribution in [1.82, 2.24) is 0 Å². The van der Waals surface area contributed by atoms with Crippen molar-refractivity contribution in [2.24, 2.45) is 5.73 Å². The number of alkyl halides is 10. The summed E-state index contributed by atoms with van der Waals surface area (Å²) < 4.78 is 146. The second-order valence-electron chi connectivity index (χ2n) is 6.06. The number of hydrogen-bond acceptors (Lipinski definition) is 1. The fraction of sp³-hybridized carbons (Fsp3) is 0.235. The first-order valence-electron chi connectivity index (χ1n) is 7.66. The van der Waals surface area contributed by atoms with Gasteiger partial charge in [-0.15, -0.1) is 0 Å². The molecule has 0 aliphatic heterocycles. The van der Waals surface area contributed by atoms with Crippen molar-refractivity contribution in [1.29, 1.82) is 0 Å². The summed E-state index contributed by atoms with van der Waals surface area (Å²) in [5.74, 6) is -3.02. The van der Waals surface area contributed by atoms with Crippen LogP contribution in [0.1, 0.15) is 21.5 Å². The molecule has 31 heavy (non-hydrogen) atoms. The number of carbonyl (C=O) groups is 1. The van der Waals surface area contributed by atoms with Crippen LogP contribution in [0.3, 0.4) is 0 Å². The molecule has 0 atom stereocenters. The maximum absolute atomic E-state index is 14.5. The smallest absolute Gasteiger partial charge is 0.366 e. The van der Waals surface area contributed by atoms with Gasteiger partial charge in [-0.1, -0.05) is 28.1 Å². The molecule has 1 amide bonds. The Morgan fingerprint density at radius 2 is 1.39 bits per heavy atom. The monoisotopic (exact) mass is 529 g/mol. The predicted octanol–water partition coefficient (Wildman–Crippen LogP) is 6.66. The second-order valence-corrected chi connectivity index (χ2v) is 6.92. The van der Waals surface area contributed by atoms with E-state index in [0.29, 0.717) is 6.07 Å². The Labute approximate surface area is 174 Å². The van der Waals surface area contributed by atoms with Gasteiger partial charge >= 0.3 is 24.2 Å². The van der Waals surface area contributed by atoms with E-state index in [-0.39, 0.29) is 6.07 Å². The number of hydrogen-bond donors (Lipinski definition) is 1. The molecular formula is C17H7BrF11NO. The highest BCUT2D eigenvalue weighted by Crippen LogP contribution is 2.55. The molecule has 2 nitrogen and oxygen atoms in total. The molecule has 2 N–H and O–H groups in total.